The van der Waals surface area contributed by atoms with E-state index < -0.39 is 44.3 Å². The van der Waals surface area contributed by atoms with Gasteiger partial charge in [0.05, 0.1) is 30.5 Å². The van der Waals surface area contributed by atoms with Crippen molar-refractivity contribution in [2.24, 2.45) is 0 Å². The van der Waals surface area contributed by atoms with Crippen LogP contribution in [-0.4, -0.2) is 39.6 Å². The highest BCUT2D eigenvalue weighted by atomic mass is 32.2. The van der Waals surface area contributed by atoms with Crippen molar-refractivity contribution in [1.29, 1.82) is 0 Å². The number of thiocarbonyl (C=S) groups is 1. The number of rotatable bonds is 12. The van der Waals surface area contributed by atoms with Crippen molar-refractivity contribution < 1.29 is 32.0 Å². The summed E-state index contributed by atoms with van der Waals surface area (Å²) in [6, 6.07) is 0. The van der Waals surface area contributed by atoms with Gasteiger partial charge in [0.1, 0.15) is 0 Å². The summed E-state index contributed by atoms with van der Waals surface area (Å²) in [4.78, 5) is 0. The molecule has 0 aliphatic rings. The molecule has 7 nitrogen and oxygen atoms in total. The third-order valence-electron chi connectivity index (χ3n) is 2.51. The maximum Gasteiger partial charge on any atom is 0.356 e. The predicted molar refractivity (Wildman–Crippen MR) is 120 cm³/mol. The molecular weight excluding hydrogens is 442 g/mol. The highest BCUT2D eigenvalue weighted by Gasteiger charge is 2.54. The van der Waals surface area contributed by atoms with Crippen LogP contribution in [0.25, 0.3) is 0 Å². The summed E-state index contributed by atoms with van der Waals surface area (Å²) in [6.45, 7) is 17.4. The minimum Gasteiger partial charge on any atom is -0.476 e. The fourth-order valence-electron chi connectivity index (χ4n) is 2.04. The van der Waals surface area contributed by atoms with E-state index in [4.69, 9.17) is 35.0 Å². The minimum atomic E-state index is -3.99. The van der Waals surface area contributed by atoms with E-state index in [9.17, 15) is 9.13 Å². The summed E-state index contributed by atoms with van der Waals surface area (Å²) in [6.07, 6.45) is -1.98. The zero-order valence-corrected chi connectivity index (χ0v) is 22.0. The average Bonchev–Trinajstić information content (AvgIpc) is 2.39. The Kier molecular flexibility index (Phi) is 12.6. The lowest BCUT2D eigenvalue weighted by atomic mass is 10.5. The van der Waals surface area contributed by atoms with Crippen LogP contribution in [-0.2, 0) is 32.0 Å². The largest absolute Gasteiger partial charge is 0.476 e. The van der Waals surface area contributed by atoms with Crippen molar-refractivity contribution in [2.45, 2.75) is 104 Å². The van der Waals surface area contributed by atoms with Crippen molar-refractivity contribution >= 4 is 43.6 Å². The number of thioether (sulfide) groups is 1. The molecule has 0 spiro atoms. The SMILES string of the molecule is CC(C)OC(=S)SC(P(=O)(OC(C)C)OC(C)C)P(=O)(OC(C)C)OC(C)C. The molecule has 28 heavy (non-hydrogen) atoms. The fourth-order valence-corrected chi connectivity index (χ4v) is 10.5. The first-order valence-electron chi connectivity index (χ1n) is 9.41. The standard InChI is InChI=1S/C17H36O7P2S2/c1-11(2)20-16(27)28-17(25(18,21-12(3)4)22-13(5)6)26(19,23-14(7)8)24-15(9)10/h11-15,17H,1-10H3. The molecule has 0 atom stereocenters. The Balaban J connectivity index is 6.34. The number of hydrogen-bond donors (Lipinski definition) is 0. The van der Waals surface area contributed by atoms with Gasteiger partial charge in [-0.2, -0.15) is 0 Å². The molecular formula is C17H36O7P2S2. The summed E-state index contributed by atoms with van der Waals surface area (Å²) < 4.78 is 54.7. The third kappa shape index (κ3) is 10.5. The Morgan fingerprint density at radius 2 is 0.929 bits per heavy atom. The van der Waals surface area contributed by atoms with Crippen LogP contribution in [0.2, 0.25) is 0 Å². The van der Waals surface area contributed by atoms with Crippen molar-refractivity contribution in [3.63, 3.8) is 0 Å². The molecule has 0 radical (unpaired) electrons. The molecule has 0 saturated carbocycles. The van der Waals surface area contributed by atoms with E-state index in [0.717, 1.165) is 11.8 Å². The number of ether oxygens (including phenoxy) is 1. The van der Waals surface area contributed by atoms with Crippen molar-refractivity contribution in [1.82, 2.24) is 0 Å². The summed E-state index contributed by atoms with van der Waals surface area (Å²) >= 11 is 6.11. The van der Waals surface area contributed by atoms with E-state index in [2.05, 4.69) is 0 Å². The van der Waals surface area contributed by atoms with E-state index in [1.807, 2.05) is 13.8 Å². The van der Waals surface area contributed by atoms with Crippen LogP contribution < -0.4 is 0 Å². The van der Waals surface area contributed by atoms with Gasteiger partial charge in [-0.15, -0.1) is 0 Å². The molecule has 0 rings (SSSR count). The Bertz CT molecular complexity index is 514. The second-order valence-corrected chi connectivity index (χ2v) is 14.4. The Morgan fingerprint density at radius 3 is 1.14 bits per heavy atom. The lowest BCUT2D eigenvalue weighted by Crippen LogP contribution is -2.23. The zero-order chi connectivity index (χ0) is 22.3. The predicted octanol–water partition coefficient (Wildman–Crippen LogP) is 6.80. The molecule has 0 aromatic heterocycles. The molecule has 168 valence electrons. The smallest absolute Gasteiger partial charge is 0.356 e. The van der Waals surface area contributed by atoms with Crippen LogP contribution in [0.5, 0.6) is 0 Å². The quantitative estimate of drug-likeness (QED) is 0.222. The van der Waals surface area contributed by atoms with Gasteiger partial charge >= 0.3 is 15.2 Å². The molecule has 0 aliphatic carbocycles. The normalized spacial score (nSPS) is 13.6. The molecule has 0 heterocycles. The number of hydrogen-bond acceptors (Lipinski definition) is 9. The zero-order valence-electron chi connectivity index (χ0n) is 18.5. The lowest BCUT2D eigenvalue weighted by molar-refractivity contribution is 0.129. The first-order chi connectivity index (χ1) is 12.6. The molecule has 0 bridgehead atoms. The van der Waals surface area contributed by atoms with Crippen LogP contribution in [0.4, 0.5) is 0 Å². The fraction of sp³-hybridized carbons (Fsp3) is 0.941. The lowest BCUT2D eigenvalue weighted by Gasteiger charge is -2.34. The Hall–Kier alpha value is 0.540. The van der Waals surface area contributed by atoms with Gasteiger partial charge in [0.2, 0.25) is 9.11 Å². The topological polar surface area (TPSA) is 80.3 Å². The summed E-state index contributed by atoms with van der Waals surface area (Å²) in [7, 11) is -7.98. The highest BCUT2D eigenvalue weighted by molar-refractivity contribution is 8.29. The van der Waals surface area contributed by atoms with Crippen LogP contribution >= 0.6 is 39.2 Å². The first kappa shape index (κ1) is 28.5. The molecule has 0 amide bonds. The van der Waals surface area contributed by atoms with Gasteiger partial charge in [-0.1, -0.05) is 0 Å². The van der Waals surface area contributed by atoms with Crippen LogP contribution in [0, 0.1) is 0 Å². The van der Waals surface area contributed by atoms with E-state index in [-0.39, 0.29) is 10.5 Å². The molecule has 0 fully saturated rings. The third-order valence-corrected chi connectivity index (χ3v) is 11.2. The molecule has 0 unspecified atom stereocenters. The monoisotopic (exact) mass is 478 g/mol. The Labute approximate surface area is 180 Å². The van der Waals surface area contributed by atoms with Gasteiger partial charge in [-0.25, -0.2) is 0 Å². The maximum atomic E-state index is 13.9. The van der Waals surface area contributed by atoms with Gasteiger partial charge in [-0.05, 0) is 93.2 Å². The minimum absolute atomic E-state index is 0.0693. The summed E-state index contributed by atoms with van der Waals surface area (Å²) in [5.74, 6) is 0. The van der Waals surface area contributed by atoms with Gasteiger partial charge in [0.25, 0.3) is 0 Å². The van der Waals surface area contributed by atoms with Crippen LogP contribution in [0.3, 0.4) is 0 Å². The molecule has 0 aliphatic heterocycles. The summed E-state index contributed by atoms with van der Waals surface area (Å²) in [5.41, 5.74) is 0. The second kappa shape index (κ2) is 12.4. The molecule has 0 N–H and O–H groups in total. The van der Waals surface area contributed by atoms with E-state index in [1.165, 1.54) is 0 Å². The van der Waals surface area contributed by atoms with E-state index in [0.29, 0.717) is 0 Å². The van der Waals surface area contributed by atoms with Gasteiger partial charge in [-0.3, -0.25) is 9.13 Å². The van der Waals surface area contributed by atoms with E-state index >= 15 is 0 Å². The van der Waals surface area contributed by atoms with Crippen molar-refractivity contribution in [2.75, 3.05) is 0 Å². The second-order valence-electron chi connectivity index (χ2n) is 7.56. The Morgan fingerprint density at radius 1 is 0.643 bits per heavy atom. The van der Waals surface area contributed by atoms with Crippen LogP contribution in [0.15, 0.2) is 0 Å². The molecule has 0 aromatic rings. The van der Waals surface area contributed by atoms with Gasteiger partial charge < -0.3 is 22.8 Å². The highest BCUT2D eigenvalue weighted by Crippen LogP contribution is 2.75. The maximum absolute atomic E-state index is 13.9. The molecule has 0 saturated heterocycles. The average molecular weight is 479 g/mol. The first-order valence-corrected chi connectivity index (χ1v) is 13.9. The molecule has 0 aromatic carbocycles. The molecule has 11 heteroatoms. The van der Waals surface area contributed by atoms with Gasteiger partial charge in [0, 0.05) is 0 Å². The van der Waals surface area contributed by atoms with E-state index in [1.54, 1.807) is 55.4 Å². The van der Waals surface area contributed by atoms with Crippen LogP contribution in [0.1, 0.15) is 69.2 Å². The van der Waals surface area contributed by atoms with Crippen molar-refractivity contribution in [3.8, 4) is 0 Å². The summed E-state index contributed by atoms with van der Waals surface area (Å²) in [5, 5.41) is 0. The van der Waals surface area contributed by atoms with Crippen molar-refractivity contribution in [3.05, 3.63) is 0 Å². The van der Waals surface area contributed by atoms with Gasteiger partial charge in [0.15, 0.2) is 0 Å².